The number of hydrogen-bond donors (Lipinski definition) is 0. The Morgan fingerprint density at radius 1 is 0.848 bits per heavy atom. The topological polar surface area (TPSA) is 39.3 Å². The number of piperazine rings is 1. The molecule has 2 fully saturated rings. The Balaban J connectivity index is 1.20. The van der Waals surface area contributed by atoms with Crippen molar-refractivity contribution < 1.29 is 9.53 Å². The van der Waals surface area contributed by atoms with Crippen LogP contribution in [0.4, 0.5) is 11.4 Å². The number of hydrogen-bond acceptors (Lipinski definition) is 5. The lowest BCUT2D eigenvalue weighted by Gasteiger charge is -2.36. The molecule has 0 radical (unpaired) electrons. The van der Waals surface area contributed by atoms with E-state index in [9.17, 15) is 4.79 Å². The number of nitrogens with zero attached hydrogens (tertiary/aromatic N) is 4. The molecule has 0 aliphatic carbocycles. The van der Waals surface area contributed by atoms with Gasteiger partial charge in [-0.15, -0.1) is 0 Å². The molecule has 0 atom stereocenters. The minimum absolute atomic E-state index is 0.119. The van der Waals surface area contributed by atoms with Crippen molar-refractivity contribution in [2.24, 2.45) is 0 Å². The molecule has 0 unspecified atom stereocenters. The number of piperidine rings is 1. The third-order valence-corrected chi connectivity index (χ3v) is 6.74. The normalized spacial score (nSPS) is 17.2. The summed E-state index contributed by atoms with van der Waals surface area (Å²) < 4.78 is 5.96. The van der Waals surface area contributed by atoms with E-state index in [-0.39, 0.29) is 5.91 Å². The van der Waals surface area contributed by atoms with Crippen LogP contribution in [0.25, 0.3) is 0 Å². The summed E-state index contributed by atoms with van der Waals surface area (Å²) in [5.74, 6) is 1.06. The van der Waals surface area contributed by atoms with Gasteiger partial charge in [-0.2, -0.15) is 0 Å². The minimum atomic E-state index is 0.119. The molecule has 6 nitrogen and oxygen atoms in total. The zero-order chi connectivity index (χ0) is 23.0. The van der Waals surface area contributed by atoms with Gasteiger partial charge >= 0.3 is 0 Å². The second-order valence-electron chi connectivity index (χ2n) is 9.32. The summed E-state index contributed by atoms with van der Waals surface area (Å²) in [6.07, 6.45) is 5.15. The van der Waals surface area contributed by atoms with Gasteiger partial charge in [0.15, 0.2) is 0 Å². The fraction of sp³-hybridized carbons (Fsp3) is 0.519. The van der Waals surface area contributed by atoms with Crippen LogP contribution in [-0.2, 0) is 0 Å². The molecule has 2 aromatic rings. The Morgan fingerprint density at radius 3 is 2.15 bits per heavy atom. The third kappa shape index (κ3) is 6.41. The van der Waals surface area contributed by atoms with Gasteiger partial charge in [-0.25, -0.2) is 0 Å². The van der Waals surface area contributed by atoms with Gasteiger partial charge in [0.25, 0.3) is 5.91 Å². The fourth-order valence-corrected chi connectivity index (χ4v) is 4.67. The van der Waals surface area contributed by atoms with Crippen LogP contribution in [0.15, 0.2) is 48.5 Å². The molecule has 2 aliphatic rings. The summed E-state index contributed by atoms with van der Waals surface area (Å²) >= 11 is 0. The number of carbonyl (C=O) groups excluding carboxylic acids is 1. The van der Waals surface area contributed by atoms with Gasteiger partial charge in [0, 0.05) is 63.8 Å². The molecule has 2 heterocycles. The van der Waals surface area contributed by atoms with Crippen molar-refractivity contribution in [3.05, 3.63) is 54.1 Å². The molecule has 0 aromatic heterocycles. The maximum atomic E-state index is 12.9. The Kier molecular flexibility index (Phi) is 8.10. The van der Waals surface area contributed by atoms with E-state index in [1.165, 1.54) is 38.0 Å². The first-order valence-electron chi connectivity index (χ1n) is 12.4. The van der Waals surface area contributed by atoms with E-state index < -0.39 is 0 Å². The summed E-state index contributed by atoms with van der Waals surface area (Å²) in [7, 11) is 4.01. The summed E-state index contributed by atoms with van der Waals surface area (Å²) in [6, 6.07) is 16.3. The smallest absolute Gasteiger partial charge is 0.253 e. The van der Waals surface area contributed by atoms with Gasteiger partial charge in [0.05, 0.1) is 6.61 Å². The summed E-state index contributed by atoms with van der Waals surface area (Å²) in [4.78, 5) is 21.8. The van der Waals surface area contributed by atoms with Gasteiger partial charge in [-0.3, -0.25) is 4.79 Å². The molecule has 0 spiro atoms. The van der Waals surface area contributed by atoms with Crippen LogP contribution < -0.4 is 14.5 Å². The molecule has 178 valence electrons. The Bertz CT molecular complexity index is 868. The van der Waals surface area contributed by atoms with E-state index in [0.717, 1.165) is 62.8 Å². The van der Waals surface area contributed by atoms with Crippen molar-refractivity contribution in [2.75, 3.05) is 76.3 Å². The number of amides is 1. The third-order valence-electron chi connectivity index (χ3n) is 6.74. The molecular formula is C27H38N4O2. The number of benzene rings is 2. The molecule has 2 saturated heterocycles. The lowest BCUT2D eigenvalue weighted by atomic mass is 10.1. The molecule has 0 bridgehead atoms. The SMILES string of the molecule is CN(C)c1ccc(C(=O)N2CCN(c3ccc(OCCCN4CCCCC4)cc3)CC2)cc1. The number of anilines is 2. The van der Waals surface area contributed by atoms with Gasteiger partial charge in [0.1, 0.15) is 5.75 Å². The van der Waals surface area contributed by atoms with Crippen LogP contribution in [0.2, 0.25) is 0 Å². The molecule has 0 saturated carbocycles. The molecule has 33 heavy (non-hydrogen) atoms. The number of likely N-dealkylation sites (tertiary alicyclic amines) is 1. The molecule has 2 aliphatic heterocycles. The van der Waals surface area contributed by atoms with E-state index in [4.69, 9.17) is 4.74 Å². The van der Waals surface area contributed by atoms with E-state index in [1.54, 1.807) is 0 Å². The molecule has 0 N–H and O–H groups in total. The van der Waals surface area contributed by atoms with E-state index in [2.05, 4.69) is 34.1 Å². The first kappa shape index (κ1) is 23.4. The maximum Gasteiger partial charge on any atom is 0.253 e. The zero-order valence-corrected chi connectivity index (χ0v) is 20.2. The van der Waals surface area contributed by atoms with Crippen LogP contribution in [-0.4, -0.2) is 82.2 Å². The Labute approximate surface area is 198 Å². The van der Waals surface area contributed by atoms with Crippen LogP contribution in [0.3, 0.4) is 0 Å². The van der Waals surface area contributed by atoms with Crippen molar-refractivity contribution in [1.29, 1.82) is 0 Å². The van der Waals surface area contributed by atoms with Crippen LogP contribution in [0.1, 0.15) is 36.0 Å². The van der Waals surface area contributed by atoms with Gasteiger partial charge in [0.2, 0.25) is 0 Å². The molecule has 1 amide bonds. The van der Waals surface area contributed by atoms with E-state index in [0.29, 0.717) is 0 Å². The van der Waals surface area contributed by atoms with Gasteiger partial charge in [-0.05, 0) is 80.9 Å². The highest BCUT2D eigenvalue weighted by atomic mass is 16.5. The van der Waals surface area contributed by atoms with Crippen molar-refractivity contribution in [1.82, 2.24) is 9.80 Å². The second kappa shape index (κ2) is 11.4. The maximum absolute atomic E-state index is 12.9. The highest BCUT2D eigenvalue weighted by molar-refractivity contribution is 5.94. The van der Waals surface area contributed by atoms with Crippen molar-refractivity contribution in [3.63, 3.8) is 0 Å². The lowest BCUT2D eigenvalue weighted by Crippen LogP contribution is -2.48. The van der Waals surface area contributed by atoms with Crippen molar-refractivity contribution >= 4 is 17.3 Å². The average Bonchev–Trinajstić information content (AvgIpc) is 2.87. The van der Waals surface area contributed by atoms with E-state index in [1.807, 2.05) is 48.2 Å². The predicted octanol–water partition coefficient (Wildman–Crippen LogP) is 3.97. The quantitative estimate of drug-likeness (QED) is 0.569. The Morgan fingerprint density at radius 2 is 1.52 bits per heavy atom. The van der Waals surface area contributed by atoms with Crippen molar-refractivity contribution in [3.8, 4) is 5.75 Å². The summed E-state index contributed by atoms with van der Waals surface area (Å²) in [6.45, 7) is 7.57. The highest BCUT2D eigenvalue weighted by Gasteiger charge is 2.22. The molecule has 2 aromatic carbocycles. The first-order chi connectivity index (χ1) is 16.1. The van der Waals surface area contributed by atoms with Crippen LogP contribution in [0, 0.1) is 0 Å². The Hall–Kier alpha value is -2.73. The van der Waals surface area contributed by atoms with E-state index >= 15 is 0 Å². The number of carbonyl (C=O) groups is 1. The number of ether oxygens (including phenoxy) is 1. The highest BCUT2D eigenvalue weighted by Crippen LogP contribution is 2.22. The van der Waals surface area contributed by atoms with Gasteiger partial charge in [-0.1, -0.05) is 6.42 Å². The summed E-state index contributed by atoms with van der Waals surface area (Å²) in [5.41, 5.74) is 3.06. The van der Waals surface area contributed by atoms with Crippen LogP contribution in [0.5, 0.6) is 5.75 Å². The standard InChI is InChI=1S/C27H38N4O2/c1-28(2)24-9-7-23(8-10-24)27(32)31-20-18-30(19-21-31)25-11-13-26(14-12-25)33-22-6-17-29-15-4-3-5-16-29/h7-14H,3-6,15-22H2,1-2H3. The molecule has 4 rings (SSSR count). The van der Waals surface area contributed by atoms with Crippen molar-refractivity contribution in [2.45, 2.75) is 25.7 Å². The number of rotatable bonds is 8. The van der Waals surface area contributed by atoms with Crippen LogP contribution >= 0.6 is 0 Å². The second-order valence-corrected chi connectivity index (χ2v) is 9.32. The first-order valence-corrected chi connectivity index (χ1v) is 12.4. The predicted molar refractivity (Wildman–Crippen MR) is 136 cm³/mol. The molecular weight excluding hydrogens is 412 g/mol. The zero-order valence-electron chi connectivity index (χ0n) is 20.2. The van der Waals surface area contributed by atoms with Gasteiger partial charge < -0.3 is 24.3 Å². The fourth-order valence-electron chi connectivity index (χ4n) is 4.67. The monoisotopic (exact) mass is 450 g/mol. The average molecular weight is 451 g/mol. The summed E-state index contributed by atoms with van der Waals surface area (Å²) in [5, 5.41) is 0. The largest absolute Gasteiger partial charge is 0.494 e. The molecule has 6 heteroatoms. The lowest BCUT2D eigenvalue weighted by molar-refractivity contribution is 0.0747. The minimum Gasteiger partial charge on any atom is -0.494 e.